The molecule has 2 aliphatic rings. The SMILES string of the molecule is CC1CCC(NC(=O)C2=NN(Cc3ccccc3)C(=O)CC2)CC1. The third-order valence-electron chi connectivity index (χ3n) is 4.89. The third kappa shape index (κ3) is 4.22. The van der Waals surface area contributed by atoms with E-state index in [1.165, 1.54) is 5.01 Å². The van der Waals surface area contributed by atoms with Crippen molar-refractivity contribution in [3.63, 3.8) is 0 Å². The van der Waals surface area contributed by atoms with Gasteiger partial charge < -0.3 is 5.32 Å². The Morgan fingerprint density at radius 1 is 1.17 bits per heavy atom. The van der Waals surface area contributed by atoms with Crippen molar-refractivity contribution in [2.45, 2.75) is 58.0 Å². The van der Waals surface area contributed by atoms with E-state index < -0.39 is 0 Å². The number of hydrazone groups is 1. The molecule has 5 nitrogen and oxygen atoms in total. The molecule has 1 N–H and O–H groups in total. The largest absolute Gasteiger partial charge is 0.348 e. The average Bonchev–Trinajstić information content (AvgIpc) is 2.60. The first kappa shape index (κ1) is 16.7. The standard InChI is InChI=1S/C19H25N3O2/c1-14-7-9-16(10-8-14)20-19(24)17-11-12-18(23)22(21-17)13-15-5-3-2-4-6-15/h2-6,14,16H,7-13H2,1H3,(H,20,24). The number of hydrogen-bond acceptors (Lipinski definition) is 3. The van der Waals surface area contributed by atoms with Crippen molar-refractivity contribution < 1.29 is 9.59 Å². The third-order valence-corrected chi connectivity index (χ3v) is 4.89. The van der Waals surface area contributed by atoms with Crippen LogP contribution in [0.25, 0.3) is 0 Å². The van der Waals surface area contributed by atoms with Crippen LogP contribution in [0.2, 0.25) is 0 Å². The van der Waals surface area contributed by atoms with E-state index in [1.807, 2.05) is 30.3 Å². The van der Waals surface area contributed by atoms with Crippen LogP contribution in [0, 0.1) is 5.92 Å². The van der Waals surface area contributed by atoms with Crippen molar-refractivity contribution in [2.75, 3.05) is 0 Å². The molecule has 0 saturated heterocycles. The molecule has 1 aromatic rings. The van der Waals surface area contributed by atoms with Gasteiger partial charge >= 0.3 is 0 Å². The zero-order valence-corrected chi connectivity index (χ0v) is 14.2. The molecule has 0 unspecified atom stereocenters. The van der Waals surface area contributed by atoms with Gasteiger partial charge in [-0.1, -0.05) is 37.3 Å². The Morgan fingerprint density at radius 3 is 2.58 bits per heavy atom. The maximum atomic E-state index is 12.5. The molecule has 1 heterocycles. The number of rotatable bonds is 4. The predicted octanol–water partition coefficient (Wildman–Crippen LogP) is 2.86. The van der Waals surface area contributed by atoms with Gasteiger partial charge in [-0.25, -0.2) is 5.01 Å². The van der Waals surface area contributed by atoms with Crippen molar-refractivity contribution in [2.24, 2.45) is 11.0 Å². The van der Waals surface area contributed by atoms with E-state index in [-0.39, 0.29) is 17.9 Å². The second kappa shape index (κ2) is 7.60. The van der Waals surface area contributed by atoms with Crippen LogP contribution in [0.1, 0.15) is 51.0 Å². The second-order valence-electron chi connectivity index (χ2n) is 6.91. The number of carbonyl (C=O) groups is 2. The summed E-state index contributed by atoms with van der Waals surface area (Å²) in [5.41, 5.74) is 1.49. The van der Waals surface area contributed by atoms with Crippen molar-refractivity contribution in [3.05, 3.63) is 35.9 Å². The molecule has 1 saturated carbocycles. The maximum Gasteiger partial charge on any atom is 0.267 e. The topological polar surface area (TPSA) is 61.8 Å². The molecule has 0 spiro atoms. The molecule has 0 atom stereocenters. The van der Waals surface area contributed by atoms with Gasteiger partial charge in [0, 0.05) is 18.9 Å². The summed E-state index contributed by atoms with van der Waals surface area (Å²) in [5, 5.41) is 8.85. The maximum absolute atomic E-state index is 12.5. The molecule has 0 aromatic heterocycles. The summed E-state index contributed by atoms with van der Waals surface area (Å²) in [5.74, 6) is 0.617. The van der Waals surface area contributed by atoms with E-state index in [1.54, 1.807) is 0 Å². The first-order chi connectivity index (χ1) is 11.6. The Labute approximate surface area is 143 Å². The Balaban J connectivity index is 1.62. The van der Waals surface area contributed by atoms with Gasteiger partial charge in [0.2, 0.25) is 5.91 Å². The van der Waals surface area contributed by atoms with Crippen LogP contribution in [-0.4, -0.2) is 28.6 Å². The normalized spacial score (nSPS) is 24.5. The number of nitrogens with one attached hydrogen (secondary N) is 1. The molecular formula is C19H25N3O2. The second-order valence-corrected chi connectivity index (χ2v) is 6.91. The van der Waals surface area contributed by atoms with Crippen LogP contribution >= 0.6 is 0 Å². The van der Waals surface area contributed by atoms with Crippen LogP contribution in [0.3, 0.4) is 0 Å². The fourth-order valence-electron chi connectivity index (χ4n) is 3.32. The Bertz CT molecular complexity index is 619. The molecule has 1 fully saturated rings. The van der Waals surface area contributed by atoms with E-state index in [9.17, 15) is 9.59 Å². The van der Waals surface area contributed by atoms with Crippen LogP contribution in [0.4, 0.5) is 0 Å². The predicted molar refractivity (Wildman–Crippen MR) is 93.2 cm³/mol. The zero-order chi connectivity index (χ0) is 16.9. The first-order valence-corrected chi connectivity index (χ1v) is 8.84. The highest BCUT2D eigenvalue weighted by molar-refractivity contribution is 6.39. The summed E-state index contributed by atoms with van der Waals surface area (Å²) >= 11 is 0. The molecule has 24 heavy (non-hydrogen) atoms. The van der Waals surface area contributed by atoms with E-state index in [0.717, 1.165) is 37.2 Å². The molecule has 1 aromatic carbocycles. The number of benzene rings is 1. The first-order valence-electron chi connectivity index (χ1n) is 8.84. The fraction of sp³-hybridized carbons (Fsp3) is 0.526. The molecule has 1 aliphatic carbocycles. The van der Waals surface area contributed by atoms with Gasteiger partial charge in [-0.2, -0.15) is 5.10 Å². The van der Waals surface area contributed by atoms with Gasteiger partial charge in [0.05, 0.1) is 6.54 Å². The molecule has 128 valence electrons. The summed E-state index contributed by atoms with van der Waals surface area (Å²) in [6, 6.07) is 9.97. The van der Waals surface area contributed by atoms with Gasteiger partial charge in [0.25, 0.3) is 5.91 Å². The van der Waals surface area contributed by atoms with Crippen LogP contribution in [0.15, 0.2) is 35.4 Å². The summed E-state index contributed by atoms with van der Waals surface area (Å²) in [4.78, 5) is 24.6. The minimum Gasteiger partial charge on any atom is -0.348 e. The lowest BCUT2D eigenvalue weighted by Gasteiger charge is -2.28. The van der Waals surface area contributed by atoms with Gasteiger partial charge in [-0.15, -0.1) is 0 Å². The van der Waals surface area contributed by atoms with Gasteiger partial charge in [0.15, 0.2) is 0 Å². The smallest absolute Gasteiger partial charge is 0.267 e. The van der Waals surface area contributed by atoms with Crippen LogP contribution < -0.4 is 5.32 Å². The quantitative estimate of drug-likeness (QED) is 0.924. The molecular weight excluding hydrogens is 302 g/mol. The van der Waals surface area contributed by atoms with Crippen molar-refractivity contribution >= 4 is 17.5 Å². The van der Waals surface area contributed by atoms with E-state index in [2.05, 4.69) is 17.3 Å². The lowest BCUT2D eigenvalue weighted by molar-refractivity contribution is -0.132. The van der Waals surface area contributed by atoms with Crippen LogP contribution in [0.5, 0.6) is 0 Å². The number of hydrogen-bond donors (Lipinski definition) is 1. The molecule has 2 amide bonds. The fourth-order valence-corrected chi connectivity index (χ4v) is 3.32. The molecule has 1 aliphatic heterocycles. The number of carbonyl (C=O) groups excluding carboxylic acids is 2. The lowest BCUT2D eigenvalue weighted by Crippen LogP contribution is -2.44. The highest BCUT2D eigenvalue weighted by Gasteiger charge is 2.27. The monoisotopic (exact) mass is 327 g/mol. The number of nitrogens with zero attached hydrogens (tertiary/aromatic N) is 2. The van der Waals surface area contributed by atoms with Crippen molar-refractivity contribution in [1.29, 1.82) is 0 Å². The zero-order valence-electron chi connectivity index (χ0n) is 14.2. The molecule has 0 bridgehead atoms. The van der Waals surface area contributed by atoms with Crippen molar-refractivity contribution in [3.8, 4) is 0 Å². The minimum atomic E-state index is -0.111. The summed E-state index contributed by atoms with van der Waals surface area (Å²) < 4.78 is 0. The summed E-state index contributed by atoms with van der Waals surface area (Å²) in [7, 11) is 0. The van der Waals surface area contributed by atoms with E-state index >= 15 is 0 Å². The van der Waals surface area contributed by atoms with Gasteiger partial charge in [-0.3, -0.25) is 9.59 Å². The molecule has 0 radical (unpaired) electrons. The Hall–Kier alpha value is -2.17. The van der Waals surface area contributed by atoms with Gasteiger partial charge in [0.1, 0.15) is 5.71 Å². The molecule has 5 heteroatoms. The van der Waals surface area contributed by atoms with E-state index in [0.29, 0.717) is 25.1 Å². The minimum absolute atomic E-state index is 0.0260. The lowest BCUT2D eigenvalue weighted by atomic mass is 9.87. The Kier molecular flexibility index (Phi) is 5.28. The van der Waals surface area contributed by atoms with Crippen LogP contribution in [-0.2, 0) is 16.1 Å². The van der Waals surface area contributed by atoms with Gasteiger partial charge in [-0.05, 0) is 37.2 Å². The summed E-state index contributed by atoms with van der Waals surface area (Å²) in [6.45, 7) is 2.67. The average molecular weight is 327 g/mol. The van der Waals surface area contributed by atoms with E-state index in [4.69, 9.17) is 0 Å². The van der Waals surface area contributed by atoms with Crippen molar-refractivity contribution in [1.82, 2.24) is 10.3 Å². The molecule has 3 rings (SSSR count). The highest BCUT2D eigenvalue weighted by Crippen LogP contribution is 2.23. The highest BCUT2D eigenvalue weighted by atomic mass is 16.2. The summed E-state index contributed by atoms with van der Waals surface area (Å²) in [6.07, 6.45) is 5.17. The number of amides is 2. The Morgan fingerprint density at radius 2 is 1.88 bits per heavy atom.